The number of ether oxygens (including phenoxy) is 1. The third-order valence-corrected chi connectivity index (χ3v) is 6.76. The quantitative estimate of drug-likeness (QED) is 0.561. The largest absolute Gasteiger partial charge is 0.465 e. The van der Waals surface area contributed by atoms with Gasteiger partial charge in [0, 0.05) is 10.9 Å². The van der Waals surface area contributed by atoms with Crippen LogP contribution in [-0.2, 0) is 14.8 Å². The Hall–Kier alpha value is -2.42. The van der Waals surface area contributed by atoms with Crippen LogP contribution in [-0.4, -0.2) is 21.5 Å². The predicted octanol–water partition coefficient (Wildman–Crippen LogP) is 5.10. The summed E-state index contributed by atoms with van der Waals surface area (Å²) in [5, 5.41) is 1.36. The molecule has 146 valence electrons. The first-order chi connectivity index (χ1) is 13.2. The lowest BCUT2D eigenvalue weighted by atomic mass is 10.1. The molecule has 1 N–H and O–H groups in total. The van der Waals surface area contributed by atoms with E-state index < -0.39 is 21.8 Å². The van der Waals surface area contributed by atoms with Gasteiger partial charge in [-0.3, -0.25) is 4.72 Å². The molecule has 3 aromatic rings. The SMILES string of the molecule is COC(=O)c1scc(-c2ccc(C)cc2)c1S(=O)(=O)Nc1ccc(F)c(Cl)c1. The number of aryl methyl sites for hydroxylation is 1. The van der Waals surface area contributed by atoms with E-state index in [0.29, 0.717) is 11.1 Å². The number of hydrogen-bond donors (Lipinski definition) is 1. The minimum absolute atomic E-state index is 0.0567. The Labute approximate surface area is 170 Å². The number of esters is 1. The summed E-state index contributed by atoms with van der Waals surface area (Å²) in [6, 6.07) is 10.7. The second-order valence-corrected chi connectivity index (χ2v) is 8.81. The van der Waals surface area contributed by atoms with E-state index in [4.69, 9.17) is 16.3 Å². The first-order valence-corrected chi connectivity index (χ1v) is 10.7. The lowest BCUT2D eigenvalue weighted by molar-refractivity contribution is 0.0602. The van der Waals surface area contributed by atoms with Crippen molar-refractivity contribution in [3.8, 4) is 11.1 Å². The number of rotatable bonds is 5. The van der Waals surface area contributed by atoms with Crippen LogP contribution in [0.1, 0.15) is 15.2 Å². The monoisotopic (exact) mass is 439 g/mol. The zero-order valence-corrected chi connectivity index (χ0v) is 17.2. The molecule has 1 heterocycles. The topological polar surface area (TPSA) is 72.5 Å². The van der Waals surface area contributed by atoms with Crippen molar-refractivity contribution in [2.45, 2.75) is 11.8 Å². The third kappa shape index (κ3) is 4.04. The maximum atomic E-state index is 13.4. The van der Waals surface area contributed by atoms with Gasteiger partial charge in [-0.1, -0.05) is 41.4 Å². The highest BCUT2D eigenvalue weighted by atomic mass is 35.5. The van der Waals surface area contributed by atoms with Crippen LogP contribution < -0.4 is 4.72 Å². The Morgan fingerprint density at radius 2 is 1.86 bits per heavy atom. The number of benzene rings is 2. The number of methoxy groups -OCH3 is 1. The van der Waals surface area contributed by atoms with Crippen molar-refractivity contribution in [1.82, 2.24) is 0 Å². The molecular weight excluding hydrogens is 425 g/mol. The molecule has 5 nitrogen and oxygen atoms in total. The van der Waals surface area contributed by atoms with Gasteiger partial charge in [-0.25, -0.2) is 17.6 Å². The molecule has 0 saturated carbocycles. The molecule has 0 spiro atoms. The zero-order chi connectivity index (χ0) is 20.5. The molecule has 0 aliphatic heterocycles. The molecule has 0 aliphatic carbocycles. The lowest BCUT2D eigenvalue weighted by Crippen LogP contribution is -2.16. The summed E-state index contributed by atoms with van der Waals surface area (Å²) in [6.45, 7) is 1.91. The average molecular weight is 440 g/mol. The van der Waals surface area contributed by atoms with Gasteiger partial charge in [0.25, 0.3) is 10.0 Å². The molecule has 28 heavy (non-hydrogen) atoms. The van der Waals surface area contributed by atoms with E-state index in [2.05, 4.69) is 4.72 Å². The number of anilines is 1. The second kappa shape index (κ2) is 7.90. The fraction of sp³-hybridized carbons (Fsp3) is 0.105. The van der Waals surface area contributed by atoms with Crippen molar-refractivity contribution in [2.24, 2.45) is 0 Å². The van der Waals surface area contributed by atoms with E-state index in [0.717, 1.165) is 29.0 Å². The lowest BCUT2D eigenvalue weighted by Gasteiger charge is -2.12. The average Bonchev–Trinajstić information content (AvgIpc) is 3.10. The van der Waals surface area contributed by atoms with Crippen molar-refractivity contribution in [2.75, 3.05) is 11.8 Å². The molecule has 1 aromatic heterocycles. The standard InChI is InChI=1S/C19H15ClFNO4S2/c1-11-3-5-12(6-4-11)14-10-27-17(19(23)26-2)18(14)28(24,25)22-13-7-8-16(21)15(20)9-13/h3-10,22H,1-2H3. The number of thiophene rings is 1. The molecule has 2 aromatic carbocycles. The summed E-state index contributed by atoms with van der Waals surface area (Å²) in [6.07, 6.45) is 0. The number of carbonyl (C=O) groups excluding carboxylic acids is 1. The Morgan fingerprint density at radius 3 is 2.46 bits per heavy atom. The Kier molecular flexibility index (Phi) is 5.74. The summed E-state index contributed by atoms with van der Waals surface area (Å²) >= 11 is 6.70. The van der Waals surface area contributed by atoms with E-state index in [1.807, 2.05) is 19.1 Å². The van der Waals surface area contributed by atoms with Crippen molar-refractivity contribution >= 4 is 44.6 Å². The number of hydrogen-bond acceptors (Lipinski definition) is 5. The summed E-state index contributed by atoms with van der Waals surface area (Å²) in [7, 11) is -3.02. The molecule has 0 saturated heterocycles. The van der Waals surface area contributed by atoms with Crippen LogP contribution in [0.5, 0.6) is 0 Å². The maximum absolute atomic E-state index is 13.4. The van der Waals surface area contributed by atoms with Gasteiger partial charge < -0.3 is 4.74 Å². The Bertz CT molecular complexity index is 1140. The Balaban J connectivity index is 2.14. The van der Waals surface area contributed by atoms with E-state index in [-0.39, 0.29) is 20.5 Å². The van der Waals surface area contributed by atoms with Gasteiger partial charge in [0.05, 0.1) is 17.8 Å². The van der Waals surface area contributed by atoms with Crippen molar-refractivity contribution in [1.29, 1.82) is 0 Å². The van der Waals surface area contributed by atoms with Gasteiger partial charge in [-0.15, -0.1) is 11.3 Å². The summed E-state index contributed by atoms with van der Waals surface area (Å²) < 4.78 is 46.7. The van der Waals surface area contributed by atoms with E-state index >= 15 is 0 Å². The molecule has 3 rings (SSSR count). The number of nitrogens with one attached hydrogen (secondary N) is 1. The van der Waals surface area contributed by atoms with Gasteiger partial charge in [-0.05, 0) is 30.7 Å². The van der Waals surface area contributed by atoms with Crippen LogP contribution in [0.15, 0.2) is 52.7 Å². The fourth-order valence-corrected chi connectivity index (χ4v) is 5.49. The molecule has 9 heteroatoms. The number of sulfonamides is 1. The first kappa shape index (κ1) is 20.3. The van der Waals surface area contributed by atoms with Crippen LogP contribution in [0.2, 0.25) is 5.02 Å². The third-order valence-electron chi connectivity index (χ3n) is 3.92. The van der Waals surface area contributed by atoms with Crippen LogP contribution in [0, 0.1) is 12.7 Å². The van der Waals surface area contributed by atoms with Gasteiger partial charge in [0.15, 0.2) is 0 Å². The summed E-state index contributed by atoms with van der Waals surface area (Å²) in [5.74, 6) is -1.43. The maximum Gasteiger partial charge on any atom is 0.349 e. The van der Waals surface area contributed by atoms with Gasteiger partial charge in [0.2, 0.25) is 0 Å². The van der Waals surface area contributed by atoms with Crippen LogP contribution >= 0.6 is 22.9 Å². The summed E-state index contributed by atoms with van der Waals surface area (Å²) in [5.41, 5.74) is 2.08. The van der Waals surface area contributed by atoms with Crippen molar-refractivity contribution < 1.29 is 22.3 Å². The molecule has 0 aliphatic rings. The van der Waals surface area contributed by atoms with E-state index in [9.17, 15) is 17.6 Å². The predicted molar refractivity (Wildman–Crippen MR) is 108 cm³/mol. The highest BCUT2D eigenvalue weighted by molar-refractivity contribution is 7.93. The minimum Gasteiger partial charge on any atom is -0.465 e. The summed E-state index contributed by atoms with van der Waals surface area (Å²) in [4.78, 5) is 11.9. The number of carbonyl (C=O) groups is 1. The highest BCUT2D eigenvalue weighted by Crippen LogP contribution is 2.37. The highest BCUT2D eigenvalue weighted by Gasteiger charge is 2.30. The first-order valence-electron chi connectivity index (χ1n) is 7.97. The molecule has 0 unspecified atom stereocenters. The van der Waals surface area contributed by atoms with Crippen LogP contribution in [0.3, 0.4) is 0 Å². The molecular formula is C19H15ClFNO4S2. The molecule has 0 fully saturated rings. The van der Waals surface area contributed by atoms with E-state index in [1.54, 1.807) is 17.5 Å². The van der Waals surface area contributed by atoms with Gasteiger partial charge >= 0.3 is 5.97 Å². The van der Waals surface area contributed by atoms with Crippen LogP contribution in [0.25, 0.3) is 11.1 Å². The Morgan fingerprint density at radius 1 is 1.18 bits per heavy atom. The van der Waals surface area contributed by atoms with Crippen molar-refractivity contribution in [3.63, 3.8) is 0 Å². The fourth-order valence-electron chi connectivity index (χ4n) is 2.55. The van der Waals surface area contributed by atoms with Gasteiger partial charge in [-0.2, -0.15) is 0 Å². The van der Waals surface area contributed by atoms with Crippen molar-refractivity contribution in [3.05, 3.63) is 69.1 Å². The molecule has 0 amide bonds. The minimum atomic E-state index is -4.20. The zero-order valence-electron chi connectivity index (χ0n) is 14.8. The molecule has 0 radical (unpaired) electrons. The normalized spacial score (nSPS) is 11.3. The molecule has 0 atom stereocenters. The number of halogens is 2. The second-order valence-electron chi connectivity index (χ2n) is 5.90. The van der Waals surface area contributed by atoms with Crippen LogP contribution in [0.4, 0.5) is 10.1 Å². The molecule has 0 bridgehead atoms. The smallest absolute Gasteiger partial charge is 0.349 e. The van der Waals surface area contributed by atoms with Gasteiger partial charge in [0.1, 0.15) is 15.6 Å². The van der Waals surface area contributed by atoms with E-state index in [1.165, 1.54) is 13.2 Å².